The predicted octanol–water partition coefficient (Wildman–Crippen LogP) is 3.23. The van der Waals surface area contributed by atoms with Gasteiger partial charge in [-0.1, -0.05) is 13.8 Å². The topological polar surface area (TPSA) is 56.2 Å². The lowest BCUT2D eigenvalue weighted by atomic mass is 9.43. The summed E-state index contributed by atoms with van der Waals surface area (Å²) in [6.45, 7) is 6.19. The van der Waals surface area contributed by atoms with Gasteiger partial charge in [-0.25, -0.2) is 0 Å². The molecule has 0 aromatic carbocycles. The third-order valence-corrected chi connectivity index (χ3v) is 6.81. The SMILES string of the molecule is Cn1cc(CCC(=O)NCCOC23CC4C[C@@](C)(C2)C[C@@](C)(C4)C3)cn1. The van der Waals surface area contributed by atoms with Gasteiger partial charge >= 0.3 is 0 Å². The molecule has 4 fully saturated rings. The first kappa shape index (κ1) is 18.0. The molecule has 1 aromatic rings. The fraction of sp³-hybridized carbons (Fsp3) is 0.810. The number of carbonyl (C=O) groups is 1. The lowest BCUT2D eigenvalue weighted by molar-refractivity contribution is -0.213. The highest BCUT2D eigenvalue weighted by Crippen LogP contribution is 2.67. The van der Waals surface area contributed by atoms with Crippen LogP contribution in [-0.2, 0) is 23.0 Å². The molecule has 1 N–H and O–H groups in total. The van der Waals surface area contributed by atoms with E-state index in [1.807, 2.05) is 19.4 Å². The third-order valence-electron chi connectivity index (χ3n) is 6.81. The zero-order valence-electron chi connectivity index (χ0n) is 16.5. The van der Waals surface area contributed by atoms with E-state index in [2.05, 4.69) is 24.3 Å². The van der Waals surface area contributed by atoms with Crippen molar-refractivity contribution in [3.63, 3.8) is 0 Å². The largest absolute Gasteiger partial charge is 0.373 e. The summed E-state index contributed by atoms with van der Waals surface area (Å²) in [7, 11) is 1.90. The van der Waals surface area contributed by atoms with Gasteiger partial charge in [-0.2, -0.15) is 5.10 Å². The quantitative estimate of drug-likeness (QED) is 0.761. The second-order valence-corrected chi connectivity index (χ2v) is 10.0. The predicted molar refractivity (Wildman–Crippen MR) is 101 cm³/mol. The van der Waals surface area contributed by atoms with E-state index >= 15 is 0 Å². The van der Waals surface area contributed by atoms with Crippen LogP contribution in [0, 0.1) is 16.7 Å². The fourth-order valence-electron chi connectivity index (χ4n) is 6.91. The highest BCUT2D eigenvalue weighted by molar-refractivity contribution is 5.76. The maximum absolute atomic E-state index is 12.1. The van der Waals surface area contributed by atoms with Crippen LogP contribution in [0.15, 0.2) is 12.4 Å². The van der Waals surface area contributed by atoms with Crippen LogP contribution < -0.4 is 5.32 Å². The van der Waals surface area contributed by atoms with Crippen LogP contribution in [0.25, 0.3) is 0 Å². The number of ether oxygens (including phenoxy) is 1. The minimum atomic E-state index is 0.0728. The number of amides is 1. The number of nitrogens with one attached hydrogen (secondary N) is 1. The van der Waals surface area contributed by atoms with Gasteiger partial charge in [-0.15, -0.1) is 0 Å². The van der Waals surface area contributed by atoms with Gasteiger partial charge in [-0.3, -0.25) is 9.48 Å². The molecule has 5 rings (SSSR count). The second-order valence-electron chi connectivity index (χ2n) is 10.0. The van der Waals surface area contributed by atoms with Crippen molar-refractivity contribution in [3.8, 4) is 0 Å². The van der Waals surface area contributed by atoms with E-state index in [0.717, 1.165) is 17.9 Å². The average Bonchev–Trinajstić information content (AvgIpc) is 2.91. The minimum Gasteiger partial charge on any atom is -0.373 e. The third kappa shape index (κ3) is 3.68. The molecule has 1 aromatic heterocycles. The Hall–Kier alpha value is -1.36. The Balaban J connectivity index is 1.22. The molecule has 1 amide bonds. The zero-order chi connectivity index (χ0) is 18.4. The monoisotopic (exact) mass is 359 g/mol. The summed E-state index contributed by atoms with van der Waals surface area (Å²) >= 11 is 0. The molecular formula is C21H33N3O2. The van der Waals surface area contributed by atoms with Crippen molar-refractivity contribution >= 4 is 5.91 Å². The number of rotatable bonds is 7. The molecule has 0 aliphatic heterocycles. The van der Waals surface area contributed by atoms with Gasteiger partial charge in [0, 0.05) is 26.2 Å². The van der Waals surface area contributed by atoms with Gasteiger partial charge < -0.3 is 10.1 Å². The van der Waals surface area contributed by atoms with Gasteiger partial charge in [-0.05, 0) is 67.3 Å². The highest BCUT2D eigenvalue weighted by atomic mass is 16.5. The first-order valence-corrected chi connectivity index (χ1v) is 10.2. The van der Waals surface area contributed by atoms with Crippen molar-refractivity contribution in [1.82, 2.24) is 15.1 Å². The number of aryl methyl sites for hydroxylation is 2. The Morgan fingerprint density at radius 1 is 1.27 bits per heavy atom. The summed E-state index contributed by atoms with van der Waals surface area (Å²) in [6, 6.07) is 0. The van der Waals surface area contributed by atoms with E-state index in [1.165, 1.54) is 38.5 Å². The molecule has 4 aliphatic rings. The average molecular weight is 360 g/mol. The van der Waals surface area contributed by atoms with Crippen LogP contribution in [0.2, 0.25) is 0 Å². The van der Waals surface area contributed by atoms with Gasteiger partial charge in [0.05, 0.1) is 18.4 Å². The number of hydrogen-bond donors (Lipinski definition) is 1. The Kier molecular flexibility index (Phi) is 4.41. The number of hydrogen-bond acceptors (Lipinski definition) is 3. The summed E-state index contributed by atoms with van der Waals surface area (Å²) < 4.78 is 8.23. The van der Waals surface area contributed by atoms with Crippen LogP contribution in [0.5, 0.6) is 0 Å². The Morgan fingerprint density at radius 2 is 2.00 bits per heavy atom. The maximum Gasteiger partial charge on any atom is 0.220 e. The van der Waals surface area contributed by atoms with E-state index in [0.29, 0.717) is 30.4 Å². The van der Waals surface area contributed by atoms with Crippen LogP contribution >= 0.6 is 0 Å². The molecule has 4 bridgehead atoms. The molecule has 2 atom stereocenters. The molecule has 1 heterocycles. The Bertz CT molecular complexity index is 665. The number of nitrogens with zero attached hydrogens (tertiary/aromatic N) is 2. The first-order chi connectivity index (χ1) is 12.3. The second kappa shape index (κ2) is 6.36. The molecule has 4 saturated carbocycles. The Morgan fingerprint density at radius 3 is 2.62 bits per heavy atom. The van der Waals surface area contributed by atoms with Crippen LogP contribution in [0.4, 0.5) is 0 Å². The molecule has 5 heteroatoms. The van der Waals surface area contributed by atoms with Gasteiger partial charge in [0.15, 0.2) is 0 Å². The van der Waals surface area contributed by atoms with Crippen molar-refractivity contribution in [2.24, 2.45) is 23.8 Å². The molecule has 0 saturated heterocycles. The molecule has 5 nitrogen and oxygen atoms in total. The van der Waals surface area contributed by atoms with Crippen molar-refractivity contribution in [2.75, 3.05) is 13.2 Å². The molecular weight excluding hydrogens is 326 g/mol. The molecule has 4 aliphatic carbocycles. The van der Waals surface area contributed by atoms with Crippen molar-refractivity contribution in [1.29, 1.82) is 0 Å². The lowest BCUT2D eigenvalue weighted by Crippen LogP contribution is -2.59. The van der Waals surface area contributed by atoms with Gasteiger partial charge in [0.2, 0.25) is 5.91 Å². The zero-order valence-corrected chi connectivity index (χ0v) is 16.5. The van der Waals surface area contributed by atoms with Crippen molar-refractivity contribution in [2.45, 2.75) is 70.8 Å². The Labute approximate surface area is 156 Å². The van der Waals surface area contributed by atoms with Crippen molar-refractivity contribution < 1.29 is 9.53 Å². The summed E-state index contributed by atoms with van der Waals surface area (Å²) in [6.07, 6.45) is 12.8. The summed E-state index contributed by atoms with van der Waals surface area (Å²) in [5.74, 6) is 0.942. The van der Waals surface area contributed by atoms with Crippen LogP contribution in [0.3, 0.4) is 0 Å². The maximum atomic E-state index is 12.1. The van der Waals surface area contributed by atoms with Gasteiger partial charge in [0.25, 0.3) is 0 Å². The van der Waals surface area contributed by atoms with E-state index in [9.17, 15) is 4.79 Å². The molecule has 26 heavy (non-hydrogen) atoms. The first-order valence-electron chi connectivity index (χ1n) is 10.2. The van der Waals surface area contributed by atoms with E-state index in [4.69, 9.17) is 4.74 Å². The standard InChI is InChI=1S/C21H33N3O2/c1-19-8-17-9-20(2,13-19)15-21(10-17,14-19)26-7-6-22-18(25)5-4-16-11-23-24(3)12-16/h11-12,17H,4-10,13-15H2,1-3H3,(H,22,25)/t17?,19-,20-,21?/m1/s1. The molecule has 0 radical (unpaired) electrons. The molecule has 0 spiro atoms. The fourth-order valence-corrected chi connectivity index (χ4v) is 6.91. The molecule has 0 unspecified atom stereocenters. The summed E-state index contributed by atoms with van der Waals surface area (Å²) in [4.78, 5) is 12.1. The summed E-state index contributed by atoms with van der Waals surface area (Å²) in [5, 5.41) is 7.16. The highest BCUT2D eigenvalue weighted by Gasteiger charge is 2.60. The molecule has 144 valence electrons. The van der Waals surface area contributed by atoms with E-state index in [1.54, 1.807) is 4.68 Å². The van der Waals surface area contributed by atoms with E-state index in [-0.39, 0.29) is 11.5 Å². The summed E-state index contributed by atoms with van der Waals surface area (Å²) in [5.41, 5.74) is 2.12. The lowest BCUT2D eigenvalue weighted by Gasteiger charge is -2.65. The van der Waals surface area contributed by atoms with Gasteiger partial charge in [0.1, 0.15) is 0 Å². The van der Waals surface area contributed by atoms with Crippen molar-refractivity contribution in [3.05, 3.63) is 18.0 Å². The van der Waals surface area contributed by atoms with Crippen LogP contribution in [0.1, 0.15) is 64.4 Å². The minimum absolute atomic E-state index is 0.0728. The smallest absolute Gasteiger partial charge is 0.220 e. The normalized spacial score (nSPS) is 37.9. The van der Waals surface area contributed by atoms with E-state index < -0.39 is 0 Å². The van der Waals surface area contributed by atoms with Crippen LogP contribution in [-0.4, -0.2) is 34.4 Å². The number of aromatic nitrogens is 2. The number of carbonyl (C=O) groups excluding carboxylic acids is 1.